The predicted octanol–water partition coefficient (Wildman–Crippen LogP) is 2.18. The molecule has 1 aromatic carbocycles. The number of fused-ring (bicyclic) bond motifs is 3. The summed E-state index contributed by atoms with van der Waals surface area (Å²) in [7, 11) is 3.24. The van der Waals surface area contributed by atoms with E-state index in [1.54, 1.807) is 18.7 Å². The Morgan fingerprint density at radius 2 is 1.86 bits per heavy atom. The SMILES string of the molecule is COc1cc2nc(NC3CC3)n3nc(C)nc3c2cc1OC. The highest BCUT2D eigenvalue weighted by atomic mass is 16.5. The Bertz CT molecular complexity index is 869. The van der Waals surface area contributed by atoms with Crippen LogP contribution >= 0.6 is 0 Å². The van der Waals surface area contributed by atoms with Crippen molar-refractivity contribution in [2.75, 3.05) is 19.5 Å². The molecule has 7 nitrogen and oxygen atoms in total. The minimum atomic E-state index is 0.484. The minimum Gasteiger partial charge on any atom is -0.493 e. The molecule has 0 radical (unpaired) electrons. The smallest absolute Gasteiger partial charge is 0.226 e. The van der Waals surface area contributed by atoms with Gasteiger partial charge in [-0.3, -0.25) is 0 Å². The summed E-state index contributed by atoms with van der Waals surface area (Å²) in [5, 5.41) is 8.75. The lowest BCUT2D eigenvalue weighted by atomic mass is 10.2. The fourth-order valence-corrected chi connectivity index (χ4v) is 2.54. The quantitative estimate of drug-likeness (QED) is 0.796. The van der Waals surface area contributed by atoms with Crippen LogP contribution in [0.3, 0.4) is 0 Å². The van der Waals surface area contributed by atoms with Crippen LogP contribution in [0.15, 0.2) is 12.1 Å². The number of aryl methyl sites for hydroxylation is 1. The zero-order valence-corrected chi connectivity index (χ0v) is 12.8. The first-order valence-corrected chi connectivity index (χ1v) is 7.25. The molecule has 22 heavy (non-hydrogen) atoms. The zero-order valence-electron chi connectivity index (χ0n) is 12.8. The third-order valence-electron chi connectivity index (χ3n) is 3.79. The van der Waals surface area contributed by atoms with E-state index in [2.05, 4.69) is 15.4 Å². The molecule has 1 saturated carbocycles. The standard InChI is InChI=1S/C15H17N5O2/c1-8-16-14-10-6-12(21-2)13(22-3)7-11(10)18-15(20(14)19-8)17-9-4-5-9/h6-7,9H,4-5H2,1-3H3,(H,17,18). The molecular weight excluding hydrogens is 282 g/mol. The second kappa shape index (κ2) is 4.72. The van der Waals surface area contributed by atoms with Crippen molar-refractivity contribution in [2.24, 2.45) is 0 Å². The van der Waals surface area contributed by atoms with Gasteiger partial charge in [-0.2, -0.15) is 4.52 Å². The fraction of sp³-hybridized carbons (Fsp3) is 0.400. The maximum absolute atomic E-state index is 5.38. The number of methoxy groups -OCH3 is 2. The second-order valence-corrected chi connectivity index (χ2v) is 5.47. The van der Waals surface area contributed by atoms with E-state index in [-0.39, 0.29) is 0 Å². The molecule has 1 N–H and O–H groups in total. The zero-order chi connectivity index (χ0) is 15.3. The third kappa shape index (κ3) is 2.01. The first kappa shape index (κ1) is 13.1. The van der Waals surface area contributed by atoms with Crippen molar-refractivity contribution in [3.8, 4) is 11.5 Å². The van der Waals surface area contributed by atoms with Crippen molar-refractivity contribution >= 4 is 22.5 Å². The molecule has 0 atom stereocenters. The van der Waals surface area contributed by atoms with Gasteiger partial charge in [-0.1, -0.05) is 0 Å². The number of hydrogen-bond donors (Lipinski definition) is 1. The Labute approximate surface area is 127 Å². The number of benzene rings is 1. The molecule has 0 unspecified atom stereocenters. The lowest BCUT2D eigenvalue weighted by Crippen LogP contribution is -2.09. The van der Waals surface area contributed by atoms with E-state index in [4.69, 9.17) is 14.5 Å². The Balaban J connectivity index is 2.02. The molecule has 0 saturated heterocycles. The molecule has 0 bridgehead atoms. The molecule has 7 heteroatoms. The van der Waals surface area contributed by atoms with Gasteiger partial charge in [-0.05, 0) is 25.8 Å². The van der Waals surface area contributed by atoms with E-state index in [9.17, 15) is 0 Å². The molecule has 4 rings (SSSR count). The maximum atomic E-state index is 5.38. The molecule has 2 aromatic heterocycles. The van der Waals surface area contributed by atoms with Gasteiger partial charge in [0.25, 0.3) is 0 Å². The average molecular weight is 299 g/mol. The summed E-state index contributed by atoms with van der Waals surface area (Å²) in [5.74, 6) is 2.74. The lowest BCUT2D eigenvalue weighted by Gasteiger charge is -2.11. The number of nitrogens with zero attached hydrogens (tertiary/aromatic N) is 4. The van der Waals surface area contributed by atoms with Crippen LogP contribution in [0.4, 0.5) is 5.95 Å². The van der Waals surface area contributed by atoms with Gasteiger partial charge >= 0.3 is 0 Å². The van der Waals surface area contributed by atoms with Gasteiger partial charge in [0.1, 0.15) is 5.82 Å². The number of ether oxygens (including phenoxy) is 2. The van der Waals surface area contributed by atoms with Crippen molar-refractivity contribution in [2.45, 2.75) is 25.8 Å². The van der Waals surface area contributed by atoms with Crippen molar-refractivity contribution in [3.05, 3.63) is 18.0 Å². The molecule has 1 fully saturated rings. The highest BCUT2D eigenvalue weighted by Gasteiger charge is 2.24. The van der Waals surface area contributed by atoms with Crippen LogP contribution < -0.4 is 14.8 Å². The summed E-state index contributed by atoms with van der Waals surface area (Å²) in [5.41, 5.74) is 1.58. The first-order chi connectivity index (χ1) is 10.7. The lowest BCUT2D eigenvalue weighted by molar-refractivity contribution is 0.356. The van der Waals surface area contributed by atoms with E-state index in [1.165, 1.54) is 12.8 Å². The van der Waals surface area contributed by atoms with Crippen molar-refractivity contribution < 1.29 is 9.47 Å². The van der Waals surface area contributed by atoms with E-state index < -0.39 is 0 Å². The summed E-state index contributed by atoms with van der Waals surface area (Å²) in [6.07, 6.45) is 2.33. The van der Waals surface area contributed by atoms with Crippen molar-refractivity contribution in [1.29, 1.82) is 0 Å². The molecule has 0 aliphatic heterocycles. The second-order valence-electron chi connectivity index (χ2n) is 5.47. The Hall–Kier alpha value is -2.57. The number of anilines is 1. The van der Waals surface area contributed by atoms with Gasteiger partial charge in [0, 0.05) is 17.5 Å². The number of hydrogen-bond acceptors (Lipinski definition) is 6. The van der Waals surface area contributed by atoms with Crippen LogP contribution in [-0.4, -0.2) is 39.8 Å². The Morgan fingerprint density at radius 1 is 1.14 bits per heavy atom. The van der Waals surface area contributed by atoms with Gasteiger partial charge < -0.3 is 14.8 Å². The molecule has 2 heterocycles. The van der Waals surface area contributed by atoms with Gasteiger partial charge in [0.15, 0.2) is 17.1 Å². The van der Waals surface area contributed by atoms with Crippen LogP contribution in [0.1, 0.15) is 18.7 Å². The maximum Gasteiger partial charge on any atom is 0.226 e. The predicted molar refractivity (Wildman–Crippen MR) is 82.8 cm³/mol. The van der Waals surface area contributed by atoms with Gasteiger partial charge in [0.05, 0.1) is 19.7 Å². The number of aromatic nitrogens is 4. The van der Waals surface area contributed by atoms with E-state index in [1.807, 2.05) is 19.1 Å². The first-order valence-electron chi connectivity index (χ1n) is 7.25. The van der Waals surface area contributed by atoms with Crippen LogP contribution in [0, 0.1) is 6.92 Å². The molecular formula is C15H17N5O2. The van der Waals surface area contributed by atoms with Gasteiger partial charge in [-0.15, -0.1) is 5.10 Å². The summed E-state index contributed by atoms with van der Waals surface area (Å²) < 4.78 is 12.5. The summed E-state index contributed by atoms with van der Waals surface area (Å²) >= 11 is 0. The number of nitrogens with one attached hydrogen (secondary N) is 1. The van der Waals surface area contributed by atoms with Crippen LogP contribution in [0.25, 0.3) is 16.6 Å². The average Bonchev–Trinajstić information content (AvgIpc) is 3.24. The minimum absolute atomic E-state index is 0.484. The van der Waals surface area contributed by atoms with Gasteiger partial charge in [-0.25, -0.2) is 9.97 Å². The summed E-state index contributed by atoms with van der Waals surface area (Å²) in [6, 6.07) is 4.25. The normalized spacial score (nSPS) is 14.5. The summed E-state index contributed by atoms with van der Waals surface area (Å²) in [4.78, 5) is 9.23. The molecule has 1 aliphatic carbocycles. The molecule has 1 aliphatic rings. The molecule has 0 spiro atoms. The topological polar surface area (TPSA) is 73.6 Å². The molecule has 114 valence electrons. The highest BCUT2D eigenvalue weighted by Crippen LogP contribution is 2.34. The number of rotatable bonds is 4. The Morgan fingerprint density at radius 3 is 2.55 bits per heavy atom. The van der Waals surface area contributed by atoms with Crippen LogP contribution in [0.2, 0.25) is 0 Å². The molecule has 0 amide bonds. The van der Waals surface area contributed by atoms with Gasteiger partial charge in [0.2, 0.25) is 5.95 Å². The van der Waals surface area contributed by atoms with Crippen molar-refractivity contribution in [3.63, 3.8) is 0 Å². The van der Waals surface area contributed by atoms with E-state index in [0.29, 0.717) is 23.4 Å². The fourth-order valence-electron chi connectivity index (χ4n) is 2.54. The van der Waals surface area contributed by atoms with Crippen LogP contribution in [0.5, 0.6) is 11.5 Å². The highest BCUT2D eigenvalue weighted by molar-refractivity contribution is 5.94. The monoisotopic (exact) mass is 299 g/mol. The van der Waals surface area contributed by atoms with Crippen LogP contribution in [-0.2, 0) is 0 Å². The molecule has 3 aromatic rings. The Kier molecular flexibility index (Phi) is 2.82. The largest absolute Gasteiger partial charge is 0.493 e. The third-order valence-corrected chi connectivity index (χ3v) is 3.79. The summed E-state index contributed by atoms with van der Waals surface area (Å²) in [6.45, 7) is 1.88. The van der Waals surface area contributed by atoms with E-state index >= 15 is 0 Å². The van der Waals surface area contributed by atoms with E-state index in [0.717, 1.165) is 22.5 Å². The van der Waals surface area contributed by atoms with Crippen molar-refractivity contribution in [1.82, 2.24) is 19.6 Å².